The molecular formula is C75H95N3O17. The third-order valence-electron chi connectivity index (χ3n) is 18.7. The molecule has 9 unspecified atom stereocenters. The number of azide groups is 1. The van der Waals surface area contributed by atoms with E-state index in [0.717, 1.165) is 59.9 Å². The molecule has 0 amide bonds. The molecular weight excluding hydrogens is 1210 g/mol. The van der Waals surface area contributed by atoms with Gasteiger partial charge in [0.15, 0.2) is 25.2 Å². The molecule has 20 nitrogen and oxygen atoms in total. The fourth-order valence-electron chi connectivity index (χ4n) is 13.5. The van der Waals surface area contributed by atoms with Crippen LogP contribution in [0.3, 0.4) is 0 Å². The van der Waals surface area contributed by atoms with E-state index in [1.807, 2.05) is 172 Å². The fraction of sp³-hybridized carbons (Fsp3) is 0.547. The number of nitrogens with zero attached hydrogens (tertiary/aromatic N) is 3. The molecule has 0 N–H and O–H groups in total. The van der Waals surface area contributed by atoms with Crippen LogP contribution in [0, 0.1) is 23.7 Å². The lowest BCUT2D eigenvalue weighted by atomic mass is 9.74. The molecule has 95 heavy (non-hydrogen) atoms. The monoisotopic (exact) mass is 1310 g/mol. The SMILES string of the molecule is C=CCCCCCCO[C@@H]1OC(COCc2ccccc2)[C@H](O[C@@H]2OC3COC(c4ccccc4)O[C@@H]3[C@H](O[C@@H]3CC(COC(C)=O)[C@H](OC(C)=O)[C@H](C)C3N=[N+]=[N-])C2O[C@@H]2OC(C)[C@H](OCc3ccccc3)[C@@H](OCc3ccccc3)C2OCc2ccccc2)[C@H](C)C1C. The van der Waals surface area contributed by atoms with Gasteiger partial charge in [0.1, 0.15) is 54.9 Å². The van der Waals surface area contributed by atoms with Gasteiger partial charge in [0.2, 0.25) is 0 Å². The second kappa shape index (κ2) is 36.2. The van der Waals surface area contributed by atoms with Gasteiger partial charge in [0, 0.05) is 48.7 Å². The van der Waals surface area contributed by atoms with E-state index in [4.69, 9.17) is 71.1 Å². The minimum absolute atomic E-state index is 0.0248. The van der Waals surface area contributed by atoms with Crippen molar-refractivity contribution in [2.45, 2.75) is 211 Å². The van der Waals surface area contributed by atoms with Gasteiger partial charge >= 0.3 is 11.9 Å². The van der Waals surface area contributed by atoms with E-state index in [9.17, 15) is 15.1 Å². The molecule has 4 heterocycles. The Kier molecular flexibility index (Phi) is 27.2. The van der Waals surface area contributed by atoms with Crippen molar-refractivity contribution in [3.63, 3.8) is 0 Å². The molecule has 1 saturated carbocycles. The van der Waals surface area contributed by atoms with E-state index < -0.39 is 128 Å². The molecule has 21 atom stereocenters. The van der Waals surface area contributed by atoms with Crippen molar-refractivity contribution in [1.29, 1.82) is 0 Å². The Morgan fingerprint density at radius 1 is 0.558 bits per heavy atom. The van der Waals surface area contributed by atoms with Crippen LogP contribution in [0.2, 0.25) is 0 Å². The number of ether oxygens (including phenoxy) is 15. The van der Waals surface area contributed by atoms with E-state index in [-0.39, 0.29) is 57.9 Å². The molecule has 4 saturated heterocycles. The van der Waals surface area contributed by atoms with Crippen LogP contribution in [0.4, 0.5) is 0 Å². The van der Waals surface area contributed by atoms with Crippen molar-refractivity contribution in [2.24, 2.45) is 28.8 Å². The van der Waals surface area contributed by atoms with Crippen LogP contribution in [0.25, 0.3) is 10.4 Å². The molecule has 0 bridgehead atoms. The first kappa shape index (κ1) is 71.3. The Labute approximate surface area is 559 Å². The molecule has 5 fully saturated rings. The normalized spacial score (nSPS) is 32.3. The smallest absolute Gasteiger partial charge is 0.302 e. The van der Waals surface area contributed by atoms with Gasteiger partial charge in [-0.3, -0.25) is 9.59 Å². The van der Waals surface area contributed by atoms with Gasteiger partial charge in [-0.1, -0.05) is 196 Å². The summed E-state index contributed by atoms with van der Waals surface area (Å²) in [7, 11) is 0. The molecule has 0 spiro atoms. The average molecular weight is 1310 g/mol. The molecule has 1 aliphatic carbocycles. The summed E-state index contributed by atoms with van der Waals surface area (Å²) in [6.45, 7) is 15.9. The molecule has 512 valence electrons. The molecule has 5 aromatic carbocycles. The number of carbonyl (C=O) groups is 2. The first-order valence-corrected chi connectivity index (χ1v) is 33.8. The van der Waals surface area contributed by atoms with Crippen LogP contribution in [-0.4, -0.2) is 137 Å². The number of fused-ring (bicyclic) bond motifs is 1. The number of hydrogen-bond acceptors (Lipinski definition) is 18. The summed E-state index contributed by atoms with van der Waals surface area (Å²) in [6, 6.07) is 48.3. The Bertz CT molecular complexity index is 3140. The van der Waals surface area contributed by atoms with Gasteiger partial charge in [-0.2, -0.15) is 0 Å². The first-order chi connectivity index (χ1) is 46.3. The lowest BCUT2D eigenvalue weighted by molar-refractivity contribution is -0.414. The predicted octanol–water partition coefficient (Wildman–Crippen LogP) is 13.0. The highest BCUT2D eigenvalue weighted by Gasteiger charge is 2.59. The van der Waals surface area contributed by atoms with Crippen LogP contribution >= 0.6 is 0 Å². The van der Waals surface area contributed by atoms with Crippen molar-refractivity contribution >= 4 is 11.9 Å². The summed E-state index contributed by atoms with van der Waals surface area (Å²) in [5, 5.41) is 4.39. The van der Waals surface area contributed by atoms with Crippen molar-refractivity contribution in [3.05, 3.63) is 203 Å². The molecule has 10 rings (SSSR count). The van der Waals surface area contributed by atoms with Crippen LogP contribution in [0.1, 0.15) is 114 Å². The summed E-state index contributed by atoms with van der Waals surface area (Å²) in [5.74, 6) is -2.76. The number of hydrogen-bond donors (Lipinski definition) is 0. The highest BCUT2D eigenvalue weighted by molar-refractivity contribution is 5.66. The Balaban J connectivity index is 1.08. The Morgan fingerprint density at radius 3 is 1.73 bits per heavy atom. The second-order valence-corrected chi connectivity index (χ2v) is 25.6. The fourth-order valence-corrected chi connectivity index (χ4v) is 13.5. The number of rotatable bonds is 32. The number of allylic oxidation sites excluding steroid dienone is 1. The van der Waals surface area contributed by atoms with Crippen LogP contribution in [0.15, 0.2) is 169 Å². The first-order valence-electron chi connectivity index (χ1n) is 33.8. The topological polar surface area (TPSA) is 221 Å². The number of carbonyl (C=O) groups excluding carboxylic acids is 2. The van der Waals surface area contributed by atoms with E-state index >= 15 is 0 Å². The largest absolute Gasteiger partial charge is 0.465 e. The van der Waals surface area contributed by atoms with E-state index in [1.165, 1.54) is 13.8 Å². The standard InChI is InChI=1S/C75H95N3O17/c1-8-9-10-11-12-28-39-82-72-49(3)48(2)65(61(91-72)46-81-41-54-29-18-13-19-30-54)93-75-71(95-74-70(86-44-57-35-24-16-25-36-57)68(85-43-56-33-22-15-23-34-56)66(51(5)88-74)84-42-55-31-20-14-21-32-55)69(67-62(92-75)47-87-73(94-67)58-37-26-17-27-38-58)90-60-40-59(45-83-52(6)79)64(89-53(7)80)50(4)63(60)77-78-76/h8,13-27,29-38,48-51,59-75H,1,9-12,28,39-47H2,2-7H3/t48-,49?,50-,51?,59?,60-,61?,62?,63?,64-,65-,66+,67+,68-,69+,70?,71?,72-,73?,74+,75+/m1/s1. The van der Waals surface area contributed by atoms with Gasteiger partial charge in [0.05, 0.1) is 70.6 Å². The third-order valence-corrected chi connectivity index (χ3v) is 18.7. The Hall–Kier alpha value is -6.43. The van der Waals surface area contributed by atoms with Crippen molar-refractivity contribution in [2.75, 3.05) is 26.4 Å². The summed E-state index contributed by atoms with van der Waals surface area (Å²) in [4.78, 5) is 28.8. The molecule has 4 aliphatic heterocycles. The van der Waals surface area contributed by atoms with Crippen molar-refractivity contribution in [3.8, 4) is 0 Å². The molecule has 5 aliphatic rings. The average Bonchev–Trinajstić information content (AvgIpc) is 0.756. The maximum absolute atomic E-state index is 12.9. The third kappa shape index (κ3) is 19.7. The van der Waals surface area contributed by atoms with E-state index in [1.54, 1.807) is 0 Å². The zero-order valence-corrected chi connectivity index (χ0v) is 55.5. The maximum Gasteiger partial charge on any atom is 0.302 e. The van der Waals surface area contributed by atoms with Gasteiger partial charge in [-0.15, -0.1) is 6.58 Å². The molecule has 20 heteroatoms. The molecule has 5 aromatic rings. The summed E-state index contributed by atoms with van der Waals surface area (Å²) < 4.78 is 104. The lowest BCUT2D eigenvalue weighted by Crippen LogP contribution is -2.68. The lowest BCUT2D eigenvalue weighted by Gasteiger charge is -2.54. The highest BCUT2D eigenvalue weighted by Crippen LogP contribution is 2.45. The highest BCUT2D eigenvalue weighted by atomic mass is 16.8. The summed E-state index contributed by atoms with van der Waals surface area (Å²) in [6.07, 6.45) is -7.75. The van der Waals surface area contributed by atoms with Gasteiger partial charge in [-0.05, 0) is 66.3 Å². The maximum atomic E-state index is 12.9. The predicted molar refractivity (Wildman–Crippen MR) is 351 cm³/mol. The quantitative estimate of drug-likeness (QED) is 0.00975. The van der Waals surface area contributed by atoms with Gasteiger partial charge < -0.3 is 71.1 Å². The van der Waals surface area contributed by atoms with Crippen LogP contribution < -0.4 is 0 Å². The minimum Gasteiger partial charge on any atom is -0.465 e. The number of benzene rings is 5. The van der Waals surface area contributed by atoms with E-state index in [0.29, 0.717) is 13.2 Å². The zero-order valence-electron chi connectivity index (χ0n) is 55.5. The zero-order chi connectivity index (χ0) is 66.5. The van der Waals surface area contributed by atoms with Gasteiger partial charge in [-0.25, -0.2) is 0 Å². The summed E-state index contributed by atoms with van der Waals surface area (Å²) >= 11 is 0. The van der Waals surface area contributed by atoms with E-state index in [2.05, 4.69) is 30.5 Å². The van der Waals surface area contributed by atoms with Crippen molar-refractivity contribution < 1.29 is 80.6 Å². The van der Waals surface area contributed by atoms with Crippen LogP contribution in [0.5, 0.6) is 0 Å². The molecule has 0 aromatic heterocycles. The Morgan fingerprint density at radius 2 is 1.13 bits per heavy atom. The van der Waals surface area contributed by atoms with Gasteiger partial charge in [0.25, 0.3) is 0 Å². The second-order valence-electron chi connectivity index (χ2n) is 25.6. The number of unbranched alkanes of at least 4 members (excludes halogenated alkanes) is 4. The number of esters is 2. The minimum atomic E-state index is -1.32. The molecule has 0 radical (unpaired) electrons. The summed E-state index contributed by atoms with van der Waals surface area (Å²) in [5.41, 5.74) is 14.9. The van der Waals surface area contributed by atoms with Crippen molar-refractivity contribution in [1.82, 2.24) is 0 Å². The van der Waals surface area contributed by atoms with Crippen LogP contribution in [-0.2, 0) is 107 Å².